The van der Waals surface area contributed by atoms with Crippen molar-refractivity contribution in [3.8, 4) is 12.3 Å². The molecular weight excluding hydrogens is 252 g/mol. The van der Waals surface area contributed by atoms with Crippen LogP contribution in [0.4, 0.5) is 0 Å². The van der Waals surface area contributed by atoms with Crippen LogP contribution >= 0.6 is 0 Å². The third-order valence-electron chi connectivity index (χ3n) is 3.03. The third kappa shape index (κ3) is 2.39. The van der Waals surface area contributed by atoms with Crippen molar-refractivity contribution in [3.05, 3.63) is 27.9 Å². The lowest BCUT2D eigenvalue weighted by Gasteiger charge is -2.18. The highest BCUT2D eigenvalue weighted by atomic mass is 16.6. The Morgan fingerprint density at radius 3 is 3.00 bits per heavy atom. The fourth-order valence-electron chi connectivity index (χ4n) is 2.11. The topological polar surface area (TPSA) is 105 Å². The van der Waals surface area contributed by atoms with Crippen LogP contribution in [0.15, 0.2) is 11.0 Å². The van der Waals surface area contributed by atoms with Crippen LogP contribution in [0.2, 0.25) is 0 Å². The first kappa shape index (κ1) is 13.7. The third-order valence-corrected chi connectivity index (χ3v) is 3.03. The first-order valence-corrected chi connectivity index (χ1v) is 5.65. The van der Waals surface area contributed by atoms with Gasteiger partial charge in [0.15, 0.2) is 0 Å². The minimum absolute atomic E-state index is 0.172. The number of nitrogens with zero attached hydrogens (tertiary/aromatic N) is 1. The molecule has 2 heterocycles. The van der Waals surface area contributed by atoms with Gasteiger partial charge in [0.05, 0.1) is 12.8 Å². The number of hydrogen-bond acceptors (Lipinski definition) is 6. The summed E-state index contributed by atoms with van der Waals surface area (Å²) in [5.74, 6) is 2.31. The predicted molar refractivity (Wildman–Crippen MR) is 64.3 cm³/mol. The van der Waals surface area contributed by atoms with Gasteiger partial charge in [-0.2, -0.15) is 0 Å². The SMILES string of the molecule is C#Cc1[nH]c(=O)cnc1C1OC(CO)C(O)C1OC. The maximum Gasteiger partial charge on any atom is 0.267 e. The number of hydrogen-bond donors (Lipinski definition) is 3. The number of methoxy groups -OCH3 is 1. The van der Waals surface area contributed by atoms with Gasteiger partial charge in [-0.1, -0.05) is 5.92 Å². The summed E-state index contributed by atoms with van der Waals surface area (Å²) in [5, 5.41) is 19.1. The fourth-order valence-corrected chi connectivity index (χ4v) is 2.11. The average molecular weight is 266 g/mol. The molecule has 0 spiro atoms. The van der Waals surface area contributed by atoms with Gasteiger partial charge < -0.3 is 24.7 Å². The minimum Gasteiger partial charge on any atom is -0.394 e. The van der Waals surface area contributed by atoms with Crippen molar-refractivity contribution >= 4 is 0 Å². The van der Waals surface area contributed by atoms with Gasteiger partial charge >= 0.3 is 0 Å². The second-order valence-corrected chi connectivity index (χ2v) is 4.12. The van der Waals surface area contributed by atoms with Gasteiger partial charge in [0.2, 0.25) is 0 Å². The van der Waals surface area contributed by atoms with Crippen LogP contribution in [-0.2, 0) is 9.47 Å². The molecule has 0 amide bonds. The fraction of sp³-hybridized carbons (Fsp3) is 0.500. The number of nitrogens with one attached hydrogen (secondary N) is 1. The standard InChI is InChI=1S/C12H14N2O5/c1-3-6-9(13-4-8(16)14-6)11-12(18-2)10(17)7(5-15)19-11/h1,4,7,10-12,15,17H,5H2,2H3,(H,14,16). The number of ether oxygens (including phenoxy) is 2. The Morgan fingerprint density at radius 1 is 1.68 bits per heavy atom. The Bertz CT molecular complexity index is 550. The quantitative estimate of drug-likeness (QED) is 0.579. The van der Waals surface area contributed by atoms with E-state index in [9.17, 15) is 9.90 Å². The summed E-state index contributed by atoms with van der Waals surface area (Å²) in [6, 6.07) is 0. The van der Waals surface area contributed by atoms with Crippen LogP contribution in [0.3, 0.4) is 0 Å². The van der Waals surface area contributed by atoms with Gasteiger partial charge in [-0.05, 0) is 0 Å². The van der Waals surface area contributed by atoms with Crippen molar-refractivity contribution in [2.24, 2.45) is 0 Å². The van der Waals surface area contributed by atoms with E-state index in [1.54, 1.807) is 0 Å². The molecule has 0 saturated carbocycles. The molecule has 0 radical (unpaired) electrons. The molecule has 7 nitrogen and oxygen atoms in total. The second kappa shape index (κ2) is 5.50. The molecule has 7 heteroatoms. The van der Waals surface area contributed by atoms with Gasteiger partial charge in [0, 0.05) is 7.11 Å². The normalized spacial score (nSPS) is 30.2. The molecule has 4 unspecified atom stereocenters. The van der Waals surface area contributed by atoms with E-state index < -0.39 is 30.0 Å². The molecule has 1 fully saturated rings. The molecule has 0 aliphatic carbocycles. The number of H-pyrrole nitrogens is 1. The number of aliphatic hydroxyl groups excluding tert-OH is 2. The van der Waals surface area contributed by atoms with Gasteiger partial charge in [0.1, 0.15) is 35.8 Å². The van der Waals surface area contributed by atoms with Gasteiger partial charge in [-0.15, -0.1) is 6.42 Å². The molecule has 19 heavy (non-hydrogen) atoms. The summed E-state index contributed by atoms with van der Waals surface area (Å²) < 4.78 is 10.7. The van der Waals surface area contributed by atoms with Crippen molar-refractivity contribution in [2.75, 3.05) is 13.7 Å². The number of terminal acetylenes is 1. The zero-order chi connectivity index (χ0) is 14.0. The van der Waals surface area contributed by atoms with Crippen molar-refractivity contribution in [1.82, 2.24) is 9.97 Å². The molecular formula is C12H14N2O5. The van der Waals surface area contributed by atoms with Crippen LogP contribution in [0.25, 0.3) is 0 Å². The number of aliphatic hydroxyl groups is 2. The first-order valence-electron chi connectivity index (χ1n) is 5.65. The molecule has 1 aliphatic heterocycles. The maximum atomic E-state index is 11.2. The Kier molecular flexibility index (Phi) is 3.97. The van der Waals surface area contributed by atoms with Crippen LogP contribution in [0.5, 0.6) is 0 Å². The van der Waals surface area contributed by atoms with Gasteiger partial charge in [-0.25, -0.2) is 4.98 Å². The van der Waals surface area contributed by atoms with Gasteiger partial charge in [-0.3, -0.25) is 4.79 Å². The van der Waals surface area contributed by atoms with Crippen LogP contribution in [0.1, 0.15) is 17.5 Å². The molecule has 2 rings (SSSR count). The average Bonchev–Trinajstić information content (AvgIpc) is 2.74. The van der Waals surface area contributed by atoms with Gasteiger partial charge in [0.25, 0.3) is 5.56 Å². The molecule has 0 bridgehead atoms. The van der Waals surface area contributed by atoms with Crippen molar-refractivity contribution in [2.45, 2.75) is 24.4 Å². The van der Waals surface area contributed by atoms with Crippen LogP contribution in [-0.4, -0.2) is 52.2 Å². The lowest BCUT2D eigenvalue weighted by Crippen LogP contribution is -2.34. The van der Waals surface area contributed by atoms with E-state index in [1.807, 2.05) is 0 Å². The Hall–Kier alpha value is -1.72. The monoisotopic (exact) mass is 266 g/mol. The summed E-state index contributed by atoms with van der Waals surface area (Å²) in [4.78, 5) is 17.6. The van der Waals surface area contributed by atoms with E-state index in [4.69, 9.17) is 21.0 Å². The van der Waals surface area contributed by atoms with Crippen LogP contribution in [0, 0.1) is 12.3 Å². The molecule has 1 aromatic rings. The van der Waals surface area contributed by atoms with Crippen molar-refractivity contribution in [3.63, 3.8) is 0 Å². The van der Waals surface area contributed by atoms with E-state index in [2.05, 4.69) is 15.9 Å². The number of rotatable bonds is 3. The molecule has 1 saturated heterocycles. The predicted octanol–water partition coefficient (Wildman–Crippen LogP) is -1.44. The Labute approximate surface area is 109 Å². The zero-order valence-electron chi connectivity index (χ0n) is 10.2. The summed E-state index contributed by atoms with van der Waals surface area (Å²) in [6.45, 7) is -0.355. The summed E-state index contributed by atoms with van der Waals surface area (Å²) in [5.41, 5.74) is 0.0391. The van der Waals surface area contributed by atoms with E-state index in [1.165, 1.54) is 7.11 Å². The lowest BCUT2D eigenvalue weighted by atomic mass is 10.0. The Morgan fingerprint density at radius 2 is 2.42 bits per heavy atom. The van der Waals surface area contributed by atoms with E-state index in [0.717, 1.165) is 6.20 Å². The van der Waals surface area contributed by atoms with Crippen LogP contribution < -0.4 is 5.56 Å². The lowest BCUT2D eigenvalue weighted by molar-refractivity contribution is -0.0252. The highest BCUT2D eigenvalue weighted by Gasteiger charge is 2.45. The second-order valence-electron chi connectivity index (χ2n) is 4.12. The van der Waals surface area contributed by atoms with E-state index in [-0.39, 0.29) is 12.3 Å². The smallest absolute Gasteiger partial charge is 0.267 e. The molecule has 1 aromatic heterocycles. The van der Waals surface area contributed by atoms with Crippen molar-refractivity contribution in [1.29, 1.82) is 0 Å². The molecule has 0 aromatic carbocycles. The summed E-state index contributed by atoms with van der Waals surface area (Å²) in [7, 11) is 1.41. The van der Waals surface area contributed by atoms with E-state index >= 15 is 0 Å². The maximum absolute atomic E-state index is 11.2. The molecule has 4 atom stereocenters. The largest absolute Gasteiger partial charge is 0.394 e. The molecule has 1 aliphatic rings. The highest BCUT2D eigenvalue weighted by molar-refractivity contribution is 5.31. The summed E-state index contributed by atoms with van der Waals surface area (Å²) >= 11 is 0. The Balaban J connectivity index is 2.41. The van der Waals surface area contributed by atoms with E-state index in [0.29, 0.717) is 5.69 Å². The first-order chi connectivity index (χ1) is 9.12. The molecule has 3 N–H and O–H groups in total. The van der Waals surface area contributed by atoms with Crippen molar-refractivity contribution < 1.29 is 19.7 Å². The minimum atomic E-state index is -1.00. The highest BCUT2D eigenvalue weighted by Crippen LogP contribution is 2.34. The summed E-state index contributed by atoms with van der Waals surface area (Å²) in [6.07, 6.45) is 3.13. The molecule has 102 valence electrons. The number of aromatic amines is 1. The zero-order valence-corrected chi connectivity index (χ0v) is 10.2. The number of aromatic nitrogens is 2.